The van der Waals surface area contributed by atoms with Crippen LogP contribution < -0.4 is 9.62 Å². The summed E-state index contributed by atoms with van der Waals surface area (Å²) < 4.78 is 28.3. The fourth-order valence-electron chi connectivity index (χ4n) is 3.86. The number of sulfonamides is 1. The maximum absolute atomic E-state index is 12.8. The number of hydrogen-bond donors (Lipinski definition) is 1. The number of benzene rings is 2. The van der Waals surface area contributed by atoms with Gasteiger partial charge < -0.3 is 4.90 Å². The Bertz CT molecular complexity index is 983. The van der Waals surface area contributed by atoms with Gasteiger partial charge in [-0.2, -0.15) is 0 Å². The van der Waals surface area contributed by atoms with E-state index in [1.165, 1.54) is 18.9 Å². The molecule has 0 aromatic heterocycles. The van der Waals surface area contributed by atoms with Gasteiger partial charge in [0.25, 0.3) is 10.0 Å². The van der Waals surface area contributed by atoms with Crippen LogP contribution in [0.5, 0.6) is 0 Å². The highest BCUT2D eigenvalue weighted by molar-refractivity contribution is 7.92. The van der Waals surface area contributed by atoms with Gasteiger partial charge in [-0.15, -0.1) is 0 Å². The lowest BCUT2D eigenvalue weighted by atomic mass is 9.92. The standard InChI is InChI=1S/C20H22N2O3S/c1-14(23)22-11-10-16-6-8-18(13-20(16)22)21-26(24,25)19-9-7-15-4-2-3-5-17(15)12-19/h6-9,12-13,21H,2-5,10-11H2,1H3. The Kier molecular flexibility index (Phi) is 4.23. The smallest absolute Gasteiger partial charge is 0.261 e. The van der Waals surface area contributed by atoms with Crippen LogP contribution in [-0.2, 0) is 34.1 Å². The SMILES string of the molecule is CC(=O)N1CCc2ccc(NS(=O)(=O)c3ccc4c(c3)CCCC4)cc21. The van der Waals surface area contributed by atoms with Crippen molar-refractivity contribution in [1.29, 1.82) is 0 Å². The van der Waals surface area contributed by atoms with Gasteiger partial charge >= 0.3 is 0 Å². The van der Waals surface area contributed by atoms with Crippen molar-refractivity contribution in [2.45, 2.75) is 43.9 Å². The minimum Gasteiger partial charge on any atom is -0.312 e. The number of nitrogens with one attached hydrogen (secondary N) is 1. The molecule has 4 rings (SSSR count). The van der Waals surface area contributed by atoms with Gasteiger partial charge in [0, 0.05) is 19.2 Å². The summed E-state index contributed by atoms with van der Waals surface area (Å²) in [7, 11) is -3.66. The Labute approximate surface area is 154 Å². The minimum absolute atomic E-state index is 0.0292. The molecule has 0 unspecified atom stereocenters. The van der Waals surface area contributed by atoms with Gasteiger partial charge in [0.1, 0.15) is 0 Å². The van der Waals surface area contributed by atoms with E-state index < -0.39 is 10.0 Å². The average Bonchev–Trinajstić information content (AvgIpc) is 3.04. The van der Waals surface area contributed by atoms with Crippen LogP contribution in [0.15, 0.2) is 41.3 Å². The van der Waals surface area contributed by atoms with Crippen molar-refractivity contribution in [3.8, 4) is 0 Å². The van der Waals surface area contributed by atoms with Crippen LogP contribution >= 0.6 is 0 Å². The molecule has 1 heterocycles. The molecule has 136 valence electrons. The Hall–Kier alpha value is -2.34. The minimum atomic E-state index is -3.66. The summed E-state index contributed by atoms with van der Waals surface area (Å²) in [6, 6.07) is 10.8. The second-order valence-electron chi connectivity index (χ2n) is 7.01. The Balaban J connectivity index is 1.63. The predicted molar refractivity (Wildman–Crippen MR) is 102 cm³/mol. The van der Waals surface area contributed by atoms with Crippen molar-refractivity contribution in [3.05, 3.63) is 53.1 Å². The van der Waals surface area contributed by atoms with Gasteiger partial charge in [-0.1, -0.05) is 12.1 Å². The number of rotatable bonds is 3. The van der Waals surface area contributed by atoms with Crippen LogP contribution in [0.4, 0.5) is 11.4 Å². The first-order chi connectivity index (χ1) is 12.4. The second-order valence-corrected chi connectivity index (χ2v) is 8.69. The van der Waals surface area contributed by atoms with E-state index >= 15 is 0 Å². The Morgan fingerprint density at radius 1 is 0.962 bits per heavy atom. The molecule has 1 aliphatic heterocycles. The van der Waals surface area contributed by atoms with E-state index in [9.17, 15) is 13.2 Å². The number of carbonyl (C=O) groups is 1. The molecule has 0 atom stereocenters. The summed E-state index contributed by atoms with van der Waals surface area (Å²) in [5.41, 5.74) is 4.73. The molecule has 0 bridgehead atoms. The average molecular weight is 370 g/mol. The fourth-order valence-corrected chi connectivity index (χ4v) is 4.96. The first-order valence-electron chi connectivity index (χ1n) is 9.00. The molecular formula is C20H22N2O3S. The maximum Gasteiger partial charge on any atom is 0.261 e. The van der Waals surface area contributed by atoms with E-state index in [-0.39, 0.29) is 5.91 Å². The summed E-state index contributed by atoms with van der Waals surface area (Å²) >= 11 is 0. The molecule has 0 saturated heterocycles. The van der Waals surface area contributed by atoms with Crippen molar-refractivity contribution in [2.24, 2.45) is 0 Å². The van der Waals surface area contributed by atoms with Crippen molar-refractivity contribution in [3.63, 3.8) is 0 Å². The highest BCUT2D eigenvalue weighted by Crippen LogP contribution is 2.32. The molecule has 0 radical (unpaired) electrons. The number of nitrogens with zero attached hydrogens (tertiary/aromatic N) is 1. The number of fused-ring (bicyclic) bond motifs is 2. The molecule has 26 heavy (non-hydrogen) atoms. The van der Waals surface area contributed by atoms with E-state index in [2.05, 4.69) is 4.72 Å². The lowest BCUT2D eigenvalue weighted by molar-refractivity contribution is -0.116. The third-order valence-corrected chi connectivity index (χ3v) is 6.62. The van der Waals surface area contributed by atoms with Crippen LogP contribution in [0.1, 0.15) is 36.5 Å². The summed E-state index contributed by atoms with van der Waals surface area (Å²) in [6.07, 6.45) is 5.03. The van der Waals surface area contributed by atoms with E-state index in [0.29, 0.717) is 17.1 Å². The summed E-state index contributed by atoms with van der Waals surface area (Å²) in [6.45, 7) is 2.17. The normalized spacial score (nSPS) is 16.1. The molecular weight excluding hydrogens is 348 g/mol. The van der Waals surface area contributed by atoms with Crippen molar-refractivity contribution < 1.29 is 13.2 Å². The van der Waals surface area contributed by atoms with Gasteiger partial charge in [0.15, 0.2) is 0 Å². The maximum atomic E-state index is 12.8. The summed E-state index contributed by atoms with van der Waals surface area (Å²) in [4.78, 5) is 13.7. The zero-order valence-electron chi connectivity index (χ0n) is 14.8. The van der Waals surface area contributed by atoms with Crippen molar-refractivity contribution in [1.82, 2.24) is 0 Å². The highest BCUT2D eigenvalue weighted by Gasteiger charge is 2.24. The number of aryl methyl sites for hydroxylation is 2. The molecule has 1 amide bonds. The number of amides is 1. The number of hydrogen-bond acceptors (Lipinski definition) is 3. The fraction of sp³-hybridized carbons (Fsp3) is 0.350. The van der Waals surface area contributed by atoms with Gasteiger partial charge in [-0.3, -0.25) is 9.52 Å². The van der Waals surface area contributed by atoms with E-state index in [4.69, 9.17) is 0 Å². The van der Waals surface area contributed by atoms with Crippen LogP contribution in [0, 0.1) is 0 Å². The van der Waals surface area contributed by atoms with Gasteiger partial charge in [0.05, 0.1) is 10.6 Å². The lowest BCUT2D eigenvalue weighted by Crippen LogP contribution is -2.25. The largest absolute Gasteiger partial charge is 0.312 e. The summed E-state index contributed by atoms with van der Waals surface area (Å²) in [5, 5.41) is 0. The van der Waals surface area contributed by atoms with Gasteiger partial charge in [-0.05, 0) is 73.1 Å². The second kappa shape index (κ2) is 6.43. The number of anilines is 2. The molecule has 5 nitrogen and oxygen atoms in total. The zero-order valence-corrected chi connectivity index (χ0v) is 15.6. The zero-order chi connectivity index (χ0) is 18.3. The van der Waals surface area contributed by atoms with E-state index in [1.54, 1.807) is 29.2 Å². The predicted octanol–water partition coefficient (Wildman–Crippen LogP) is 3.28. The number of carbonyl (C=O) groups excluding carboxylic acids is 1. The van der Waals surface area contributed by atoms with Gasteiger partial charge in [-0.25, -0.2) is 8.42 Å². The molecule has 2 aromatic rings. The monoisotopic (exact) mass is 370 g/mol. The summed E-state index contributed by atoms with van der Waals surface area (Å²) in [5.74, 6) is -0.0292. The van der Waals surface area contributed by atoms with Crippen molar-refractivity contribution in [2.75, 3.05) is 16.2 Å². The van der Waals surface area contributed by atoms with E-state index in [0.717, 1.165) is 42.5 Å². The molecule has 2 aromatic carbocycles. The molecule has 0 fully saturated rings. The third kappa shape index (κ3) is 3.09. The Morgan fingerprint density at radius 2 is 1.69 bits per heavy atom. The highest BCUT2D eigenvalue weighted by atomic mass is 32.2. The first-order valence-corrected chi connectivity index (χ1v) is 10.5. The molecule has 0 spiro atoms. The molecule has 1 aliphatic carbocycles. The lowest BCUT2D eigenvalue weighted by Gasteiger charge is -2.18. The molecule has 0 saturated carbocycles. The Morgan fingerprint density at radius 3 is 2.46 bits per heavy atom. The first kappa shape index (κ1) is 17.1. The molecule has 1 N–H and O–H groups in total. The quantitative estimate of drug-likeness (QED) is 0.902. The van der Waals surface area contributed by atoms with Gasteiger partial charge in [0.2, 0.25) is 5.91 Å². The van der Waals surface area contributed by atoms with Crippen LogP contribution in [0.3, 0.4) is 0 Å². The van der Waals surface area contributed by atoms with Crippen LogP contribution in [0.25, 0.3) is 0 Å². The van der Waals surface area contributed by atoms with Crippen LogP contribution in [-0.4, -0.2) is 20.9 Å². The van der Waals surface area contributed by atoms with Crippen LogP contribution in [0.2, 0.25) is 0 Å². The third-order valence-electron chi connectivity index (χ3n) is 5.24. The van der Waals surface area contributed by atoms with Crippen molar-refractivity contribution >= 4 is 27.3 Å². The molecule has 2 aliphatic rings. The van der Waals surface area contributed by atoms with E-state index in [1.807, 2.05) is 12.1 Å². The topological polar surface area (TPSA) is 66.5 Å². The molecule has 6 heteroatoms.